The zero-order valence-corrected chi connectivity index (χ0v) is 18.0. The molecule has 0 radical (unpaired) electrons. The molecule has 2 heterocycles. The number of carbonyl (C=O) groups is 1. The molecule has 0 aliphatic carbocycles. The van der Waals surface area contributed by atoms with Gasteiger partial charge in [-0.25, -0.2) is 8.42 Å². The van der Waals surface area contributed by atoms with E-state index in [0.29, 0.717) is 11.4 Å². The van der Waals surface area contributed by atoms with Gasteiger partial charge in [0.15, 0.2) is 0 Å². The summed E-state index contributed by atoms with van der Waals surface area (Å²) in [4.78, 5) is 15.0. The number of para-hydroxylation sites is 2. The zero-order chi connectivity index (χ0) is 20.3. The van der Waals surface area contributed by atoms with Gasteiger partial charge in [-0.1, -0.05) is 18.2 Å². The molecule has 1 saturated heterocycles. The van der Waals surface area contributed by atoms with Crippen LogP contribution in [0, 0.1) is 0 Å². The van der Waals surface area contributed by atoms with Gasteiger partial charge in [0.2, 0.25) is 5.91 Å². The van der Waals surface area contributed by atoms with Crippen LogP contribution in [0.2, 0.25) is 0 Å². The largest absolute Gasteiger partial charge is 0.495 e. The Kier molecular flexibility index (Phi) is 6.30. The second-order valence-electron chi connectivity index (χ2n) is 7.05. The van der Waals surface area contributed by atoms with E-state index >= 15 is 0 Å². The predicted molar refractivity (Wildman–Crippen MR) is 111 cm³/mol. The Labute approximate surface area is 170 Å². The monoisotopic (exact) mass is 422 g/mol. The van der Waals surface area contributed by atoms with E-state index in [1.807, 2.05) is 18.7 Å². The number of hydrogen-bond donors (Lipinski definition) is 0. The number of benzene rings is 1. The van der Waals surface area contributed by atoms with E-state index in [1.165, 1.54) is 11.4 Å². The number of piperidine rings is 1. The summed E-state index contributed by atoms with van der Waals surface area (Å²) in [6.07, 6.45) is 2.95. The van der Waals surface area contributed by atoms with Crippen LogP contribution in [0.4, 0.5) is 5.69 Å². The minimum Gasteiger partial charge on any atom is -0.495 e. The van der Waals surface area contributed by atoms with Crippen molar-refractivity contribution < 1.29 is 17.9 Å². The van der Waals surface area contributed by atoms with Crippen molar-refractivity contribution in [3.8, 4) is 5.75 Å². The second-order valence-corrected chi connectivity index (χ2v) is 10.1. The molecule has 2 aromatic rings. The molecule has 0 spiro atoms. The fraction of sp³-hybridized carbons (Fsp3) is 0.450. The number of methoxy groups -OCH3 is 1. The highest BCUT2D eigenvalue weighted by molar-refractivity contribution is 7.94. The average molecular weight is 423 g/mol. The number of ether oxygens (including phenoxy) is 1. The number of anilines is 1. The molecular weight excluding hydrogens is 396 g/mol. The van der Waals surface area contributed by atoms with Crippen molar-refractivity contribution in [1.29, 1.82) is 0 Å². The molecule has 1 fully saturated rings. The normalized spacial score (nSPS) is 20.0. The summed E-state index contributed by atoms with van der Waals surface area (Å²) in [6.45, 7) is 3.79. The maximum atomic E-state index is 13.4. The maximum absolute atomic E-state index is 13.4. The molecule has 2 unspecified atom stereocenters. The van der Waals surface area contributed by atoms with Crippen molar-refractivity contribution in [3.63, 3.8) is 0 Å². The lowest BCUT2D eigenvalue weighted by atomic mass is 9.97. The van der Waals surface area contributed by atoms with E-state index in [4.69, 9.17) is 4.74 Å². The fourth-order valence-electron chi connectivity index (χ4n) is 3.77. The van der Waals surface area contributed by atoms with E-state index in [9.17, 15) is 13.2 Å². The van der Waals surface area contributed by atoms with Crippen molar-refractivity contribution in [1.82, 2.24) is 4.90 Å². The van der Waals surface area contributed by atoms with Gasteiger partial charge in [-0.05, 0) is 56.7 Å². The van der Waals surface area contributed by atoms with Gasteiger partial charge in [0.25, 0.3) is 10.0 Å². The molecule has 1 aromatic heterocycles. The molecule has 1 amide bonds. The molecule has 8 heteroatoms. The van der Waals surface area contributed by atoms with Crippen molar-refractivity contribution in [2.24, 2.45) is 0 Å². The summed E-state index contributed by atoms with van der Waals surface area (Å²) >= 11 is 1.13. The first-order valence-corrected chi connectivity index (χ1v) is 11.7. The highest BCUT2D eigenvalue weighted by Crippen LogP contribution is 2.34. The number of rotatable bonds is 6. The van der Waals surface area contributed by atoms with Gasteiger partial charge in [-0.2, -0.15) is 0 Å². The minimum absolute atomic E-state index is 0.0974. The number of thiophene rings is 1. The van der Waals surface area contributed by atoms with E-state index < -0.39 is 10.0 Å². The summed E-state index contributed by atoms with van der Waals surface area (Å²) in [5.74, 6) is 0.223. The molecule has 3 rings (SSSR count). The predicted octanol–water partition coefficient (Wildman–Crippen LogP) is 3.74. The van der Waals surface area contributed by atoms with Gasteiger partial charge in [-0.3, -0.25) is 9.10 Å². The van der Waals surface area contributed by atoms with E-state index in [-0.39, 0.29) is 28.7 Å². The fourth-order valence-corrected chi connectivity index (χ4v) is 6.30. The lowest BCUT2D eigenvalue weighted by Crippen LogP contribution is -2.52. The van der Waals surface area contributed by atoms with E-state index in [1.54, 1.807) is 41.8 Å². The molecular formula is C20H26N2O4S2. The van der Waals surface area contributed by atoms with Crippen LogP contribution >= 0.6 is 11.3 Å². The first-order chi connectivity index (χ1) is 13.4. The Morgan fingerprint density at radius 3 is 2.46 bits per heavy atom. The van der Waals surface area contributed by atoms with E-state index in [2.05, 4.69) is 0 Å². The summed E-state index contributed by atoms with van der Waals surface area (Å²) in [7, 11) is -2.40. The van der Waals surface area contributed by atoms with Gasteiger partial charge in [0.05, 0.1) is 12.8 Å². The van der Waals surface area contributed by atoms with Gasteiger partial charge in [0, 0.05) is 12.1 Å². The summed E-state index contributed by atoms with van der Waals surface area (Å²) in [5, 5.41) is 1.71. The van der Waals surface area contributed by atoms with Crippen LogP contribution < -0.4 is 9.04 Å². The first kappa shape index (κ1) is 20.7. The molecule has 0 saturated carbocycles. The third kappa shape index (κ3) is 4.03. The van der Waals surface area contributed by atoms with Gasteiger partial charge < -0.3 is 9.64 Å². The highest BCUT2D eigenvalue weighted by Gasteiger charge is 2.35. The second kappa shape index (κ2) is 8.53. The van der Waals surface area contributed by atoms with Gasteiger partial charge in [-0.15, -0.1) is 11.3 Å². The SMILES string of the molecule is COc1ccccc1N(CC(=O)N1C(C)CCCC1C)S(=O)(=O)c1cccs1. The minimum atomic E-state index is -3.89. The smallest absolute Gasteiger partial charge is 0.274 e. The number of sulfonamides is 1. The van der Waals surface area contributed by atoms with Crippen LogP contribution in [-0.4, -0.2) is 45.0 Å². The van der Waals surface area contributed by atoms with Crippen LogP contribution in [-0.2, 0) is 14.8 Å². The molecule has 2 atom stereocenters. The van der Waals surface area contributed by atoms with Crippen LogP contribution in [0.5, 0.6) is 5.75 Å². The Balaban J connectivity index is 2.01. The van der Waals surface area contributed by atoms with Crippen molar-refractivity contribution >= 4 is 33.0 Å². The number of amides is 1. The Hall–Kier alpha value is -2.06. The summed E-state index contributed by atoms with van der Waals surface area (Å²) in [6, 6.07) is 10.3. The van der Waals surface area contributed by atoms with Crippen LogP contribution in [0.15, 0.2) is 46.0 Å². The van der Waals surface area contributed by atoms with Crippen LogP contribution in [0.1, 0.15) is 33.1 Å². The van der Waals surface area contributed by atoms with Gasteiger partial charge in [0.1, 0.15) is 16.5 Å². The molecule has 6 nitrogen and oxygen atoms in total. The summed E-state index contributed by atoms with van der Waals surface area (Å²) in [5.41, 5.74) is 0.365. The highest BCUT2D eigenvalue weighted by atomic mass is 32.2. The number of nitrogens with zero attached hydrogens (tertiary/aromatic N) is 2. The topological polar surface area (TPSA) is 66.9 Å². The lowest BCUT2D eigenvalue weighted by Gasteiger charge is -2.40. The molecule has 1 aliphatic rings. The maximum Gasteiger partial charge on any atom is 0.274 e. The van der Waals surface area contributed by atoms with Crippen LogP contribution in [0.25, 0.3) is 0 Å². The van der Waals surface area contributed by atoms with Gasteiger partial charge >= 0.3 is 0 Å². The molecule has 1 aliphatic heterocycles. The standard InChI is InChI=1S/C20H26N2O4S2/c1-15-8-6-9-16(2)22(15)19(23)14-21(17-10-4-5-11-18(17)26-3)28(24,25)20-12-7-13-27-20/h4-5,7,10-13,15-16H,6,8-9,14H2,1-3H3. The average Bonchev–Trinajstić information content (AvgIpc) is 3.21. The Morgan fingerprint density at radius 1 is 1.18 bits per heavy atom. The first-order valence-electron chi connectivity index (χ1n) is 9.36. The molecule has 1 aromatic carbocycles. The van der Waals surface area contributed by atoms with E-state index in [0.717, 1.165) is 30.6 Å². The van der Waals surface area contributed by atoms with Crippen molar-refractivity contribution in [2.45, 2.75) is 49.4 Å². The summed E-state index contributed by atoms with van der Waals surface area (Å²) < 4.78 is 33.5. The third-order valence-electron chi connectivity index (χ3n) is 5.15. The van der Waals surface area contributed by atoms with Crippen molar-refractivity contribution in [3.05, 3.63) is 41.8 Å². The number of hydrogen-bond acceptors (Lipinski definition) is 5. The molecule has 0 N–H and O–H groups in total. The molecule has 28 heavy (non-hydrogen) atoms. The zero-order valence-electron chi connectivity index (χ0n) is 16.4. The number of likely N-dealkylation sites (tertiary alicyclic amines) is 1. The lowest BCUT2D eigenvalue weighted by molar-refractivity contribution is -0.135. The molecule has 152 valence electrons. The third-order valence-corrected chi connectivity index (χ3v) is 8.29. The quantitative estimate of drug-likeness (QED) is 0.711. The van der Waals surface area contributed by atoms with Crippen molar-refractivity contribution in [2.75, 3.05) is 18.0 Å². The number of carbonyl (C=O) groups excluding carboxylic acids is 1. The Bertz CT molecular complexity index is 902. The Morgan fingerprint density at radius 2 is 1.86 bits per heavy atom. The van der Waals surface area contributed by atoms with Crippen LogP contribution in [0.3, 0.4) is 0 Å². The molecule has 0 bridgehead atoms.